The second kappa shape index (κ2) is 10.8. The Morgan fingerprint density at radius 2 is 1.65 bits per heavy atom. The number of hydrogen-bond acceptors (Lipinski definition) is 7. The van der Waals surface area contributed by atoms with E-state index in [0.29, 0.717) is 40.4 Å². The van der Waals surface area contributed by atoms with Gasteiger partial charge in [0, 0.05) is 50.8 Å². The first kappa shape index (κ1) is 28.5. The van der Waals surface area contributed by atoms with Crippen molar-refractivity contribution in [3.8, 4) is 0 Å². The first-order valence-corrected chi connectivity index (χ1v) is 15.6. The number of nitrogens with one attached hydrogen (secondary N) is 2. The predicted molar refractivity (Wildman–Crippen MR) is 153 cm³/mol. The van der Waals surface area contributed by atoms with Crippen LogP contribution in [0.3, 0.4) is 0 Å². The predicted octanol–water partition coefficient (Wildman–Crippen LogP) is 5.19. The molecule has 5 rings (SSSR count). The standard InChI is InChI=1S/C28H38F2N6O3S/c1-4-20(3)40(38,39)34-21-5-6-22(23(18-21)35-13-9-27(7-8-27)10-14-35)25(37)32-24-17-19(2)31-26(33-24)36-15-11-28(29,30)12-16-36/h5-6,17-18,20,34H,4,7-16H2,1-3H3,(H,31,32,33,37)/t20-/m0/s1. The molecule has 1 aromatic heterocycles. The van der Waals surface area contributed by atoms with Gasteiger partial charge < -0.3 is 15.1 Å². The van der Waals surface area contributed by atoms with Crippen molar-refractivity contribution in [3.05, 3.63) is 35.5 Å². The Morgan fingerprint density at radius 3 is 2.27 bits per heavy atom. The molecule has 0 bridgehead atoms. The normalized spacial score (nSPS) is 20.7. The number of aromatic nitrogens is 2. The fraction of sp³-hybridized carbons (Fsp3) is 0.607. The molecule has 1 aromatic carbocycles. The summed E-state index contributed by atoms with van der Waals surface area (Å²) in [5.41, 5.74) is 2.54. The Labute approximate surface area is 234 Å². The van der Waals surface area contributed by atoms with Crippen LogP contribution in [0.25, 0.3) is 0 Å². The first-order chi connectivity index (χ1) is 18.9. The second-order valence-electron chi connectivity index (χ2n) is 11.6. The Bertz CT molecular complexity index is 1360. The molecule has 218 valence electrons. The molecular weight excluding hydrogens is 538 g/mol. The van der Waals surface area contributed by atoms with E-state index in [4.69, 9.17) is 0 Å². The average molecular weight is 577 g/mol. The minimum absolute atomic E-state index is 0.137. The van der Waals surface area contributed by atoms with E-state index in [1.807, 2.05) is 6.92 Å². The van der Waals surface area contributed by atoms with Gasteiger partial charge >= 0.3 is 0 Å². The fourth-order valence-electron chi connectivity index (χ4n) is 5.41. The molecule has 1 atom stereocenters. The van der Waals surface area contributed by atoms with Crippen molar-refractivity contribution in [2.75, 3.05) is 46.0 Å². The van der Waals surface area contributed by atoms with E-state index < -0.39 is 21.2 Å². The molecule has 2 saturated heterocycles. The largest absolute Gasteiger partial charge is 0.371 e. The number of carbonyl (C=O) groups excluding carboxylic acids is 1. The van der Waals surface area contributed by atoms with Gasteiger partial charge in [0.1, 0.15) is 5.82 Å². The van der Waals surface area contributed by atoms with Crippen molar-refractivity contribution in [2.45, 2.75) is 76.9 Å². The van der Waals surface area contributed by atoms with Crippen molar-refractivity contribution in [2.24, 2.45) is 5.41 Å². The smallest absolute Gasteiger partial charge is 0.258 e. The van der Waals surface area contributed by atoms with Crippen LogP contribution in [0.1, 0.15) is 74.8 Å². The molecule has 2 aliphatic heterocycles. The third-order valence-electron chi connectivity index (χ3n) is 8.59. The lowest BCUT2D eigenvalue weighted by Crippen LogP contribution is -2.40. The van der Waals surface area contributed by atoms with Gasteiger partial charge in [-0.15, -0.1) is 0 Å². The van der Waals surface area contributed by atoms with E-state index >= 15 is 0 Å². The van der Waals surface area contributed by atoms with Crippen LogP contribution >= 0.6 is 0 Å². The highest BCUT2D eigenvalue weighted by Crippen LogP contribution is 2.54. The fourth-order valence-corrected chi connectivity index (χ4v) is 6.50. The van der Waals surface area contributed by atoms with E-state index in [9.17, 15) is 22.0 Å². The minimum atomic E-state index is -3.57. The number of sulfonamides is 1. The number of amides is 1. The number of alkyl halides is 2. The minimum Gasteiger partial charge on any atom is -0.371 e. The zero-order valence-corrected chi connectivity index (χ0v) is 24.2. The molecule has 1 amide bonds. The molecule has 0 radical (unpaired) electrons. The van der Waals surface area contributed by atoms with Crippen LogP contribution in [0.2, 0.25) is 0 Å². The number of piperidine rings is 2. The highest BCUT2D eigenvalue weighted by molar-refractivity contribution is 7.93. The van der Waals surface area contributed by atoms with Crippen LogP contribution in [-0.2, 0) is 10.0 Å². The van der Waals surface area contributed by atoms with Gasteiger partial charge in [0.05, 0.1) is 22.2 Å². The molecular formula is C28H38F2N6O3S. The molecule has 40 heavy (non-hydrogen) atoms. The third-order valence-corrected chi connectivity index (χ3v) is 10.5. The van der Waals surface area contributed by atoms with Crippen LogP contribution < -0.4 is 19.8 Å². The van der Waals surface area contributed by atoms with Gasteiger partial charge in [-0.05, 0) is 69.6 Å². The Balaban J connectivity index is 1.39. The Kier molecular flexibility index (Phi) is 7.66. The lowest BCUT2D eigenvalue weighted by molar-refractivity contribution is -0.0222. The topological polar surface area (TPSA) is 108 Å². The summed E-state index contributed by atoms with van der Waals surface area (Å²) >= 11 is 0. The molecule has 1 aliphatic carbocycles. The summed E-state index contributed by atoms with van der Waals surface area (Å²) in [5.74, 6) is -2.47. The van der Waals surface area contributed by atoms with E-state index in [0.717, 1.165) is 25.9 Å². The van der Waals surface area contributed by atoms with Gasteiger partial charge in [-0.2, -0.15) is 4.98 Å². The number of rotatable bonds is 8. The van der Waals surface area contributed by atoms with Gasteiger partial charge in [-0.3, -0.25) is 9.52 Å². The van der Waals surface area contributed by atoms with Crippen molar-refractivity contribution >= 4 is 39.1 Å². The quantitative estimate of drug-likeness (QED) is 0.445. The van der Waals surface area contributed by atoms with Crippen LogP contribution in [0.5, 0.6) is 0 Å². The van der Waals surface area contributed by atoms with Gasteiger partial charge in [0.15, 0.2) is 0 Å². The van der Waals surface area contributed by atoms with E-state index in [1.165, 1.54) is 12.8 Å². The van der Waals surface area contributed by atoms with Crippen molar-refractivity contribution in [3.63, 3.8) is 0 Å². The van der Waals surface area contributed by atoms with Crippen molar-refractivity contribution in [1.29, 1.82) is 0 Å². The highest BCUT2D eigenvalue weighted by Gasteiger charge is 2.44. The SMILES string of the molecule is CC[C@H](C)S(=O)(=O)Nc1ccc(C(=O)Nc2cc(C)nc(N3CCC(F)(F)CC3)n2)c(N2CCC3(CC2)CC3)c1. The summed E-state index contributed by atoms with van der Waals surface area (Å²) in [6, 6.07) is 6.63. The second-order valence-corrected chi connectivity index (χ2v) is 13.7. The summed E-state index contributed by atoms with van der Waals surface area (Å²) < 4.78 is 55.5. The maximum atomic E-state index is 13.7. The van der Waals surface area contributed by atoms with E-state index in [-0.39, 0.29) is 37.7 Å². The van der Waals surface area contributed by atoms with Crippen LogP contribution in [0.4, 0.5) is 31.9 Å². The number of nitrogens with zero attached hydrogens (tertiary/aromatic N) is 4. The molecule has 3 aliphatic rings. The molecule has 0 unspecified atom stereocenters. The zero-order valence-electron chi connectivity index (χ0n) is 23.3. The number of halogens is 2. The van der Waals surface area contributed by atoms with E-state index in [2.05, 4.69) is 24.9 Å². The number of carbonyl (C=O) groups is 1. The average Bonchev–Trinajstić information content (AvgIpc) is 3.66. The summed E-state index contributed by atoms with van der Waals surface area (Å²) in [7, 11) is -3.57. The van der Waals surface area contributed by atoms with Gasteiger partial charge in [-0.1, -0.05) is 6.92 Å². The summed E-state index contributed by atoms with van der Waals surface area (Å²) in [6.45, 7) is 7.11. The number of aryl methyl sites for hydroxylation is 1. The molecule has 3 heterocycles. The maximum absolute atomic E-state index is 13.7. The Hall–Kier alpha value is -3.02. The van der Waals surface area contributed by atoms with Crippen LogP contribution in [0, 0.1) is 12.3 Å². The highest BCUT2D eigenvalue weighted by atomic mass is 32.2. The molecule has 2 aromatic rings. The van der Waals surface area contributed by atoms with E-state index in [1.54, 1.807) is 43.0 Å². The summed E-state index contributed by atoms with van der Waals surface area (Å²) in [6.07, 6.45) is 4.52. The molecule has 1 saturated carbocycles. The monoisotopic (exact) mass is 576 g/mol. The molecule has 12 heteroatoms. The lowest BCUT2D eigenvalue weighted by Gasteiger charge is -2.35. The zero-order chi connectivity index (χ0) is 28.7. The van der Waals surface area contributed by atoms with Gasteiger partial charge in [0.2, 0.25) is 16.0 Å². The maximum Gasteiger partial charge on any atom is 0.258 e. The first-order valence-electron chi connectivity index (χ1n) is 14.1. The summed E-state index contributed by atoms with van der Waals surface area (Å²) in [4.78, 5) is 26.3. The van der Waals surface area contributed by atoms with Crippen LogP contribution in [0.15, 0.2) is 24.3 Å². The lowest BCUT2D eigenvalue weighted by atomic mass is 9.93. The third kappa shape index (κ3) is 6.31. The molecule has 1 spiro atoms. The molecule has 3 fully saturated rings. The number of anilines is 4. The van der Waals surface area contributed by atoms with Crippen LogP contribution in [-0.4, -0.2) is 61.6 Å². The van der Waals surface area contributed by atoms with Gasteiger partial charge in [0.25, 0.3) is 11.8 Å². The van der Waals surface area contributed by atoms with Crippen molar-refractivity contribution in [1.82, 2.24) is 9.97 Å². The molecule has 9 nitrogen and oxygen atoms in total. The number of benzene rings is 1. The van der Waals surface area contributed by atoms with Crippen molar-refractivity contribution < 1.29 is 22.0 Å². The number of hydrogen-bond donors (Lipinski definition) is 2. The summed E-state index contributed by atoms with van der Waals surface area (Å²) in [5, 5.41) is 2.32. The molecule has 2 N–H and O–H groups in total. The Morgan fingerprint density at radius 1 is 1.00 bits per heavy atom. The van der Waals surface area contributed by atoms with Gasteiger partial charge in [-0.25, -0.2) is 22.2 Å².